The van der Waals surface area contributed by atoms with Crippen LogP contribution < -0.4 is 5.32 Å². The maximum atomic E-state index is 11.7. The molecule has 2 N–H and O–H groups in total. The molecule has 0 fully saturated rings. The number of aliphatic hydroxyl groups excluding tert-OH is 1. The number of amides is 1. The van der Waals surface area contributed by atoms with E-state index in [0.29, 0.717) is 18.9 Å². The number of carbonyl (C=O) groups excluding carboxylic acids is 1. The van der Waals surface area contributed by atoms with E-state index in [1.54, 1.807) is 14.0 Å². The molecule has 6 heteroatoms. The summed E-state index contributed by atoms with van der Waals surface area (Å²) in [5.74, 6) is 0.301. The average molecular weight is 252 g/mol. The Morgan fingerprint density at radius 1 is 1.61 bits per heavy atom. The van der Waals surface area contributed by atoms with Gasteiger partial charge in [-0.1, -0.05) is 0 Å². The van der Waals surface area contributed by atoms with Crippen LogP contribution in [0.25, 0.3) is 0 Å². The van der Waals surface area contributed by atoms with E-state index in [4.69, 9.17) is 0 Å². The molecule has 1 aliphatic heterocycles. The average Bonchev–Trinajstić information content (AvgIpc) is 2.65. The zero-order valence-electron chi connectivity index (χ0n) is 11.1. The summed E-state index contributed by atoms with van der Waals surface area (Å²) >= 11 is 0. The molecule has 2 rings (SSSR count). The summed E-state index contributed by atoms with van der Waals surface area (Å²) in [6.45, 7) is 4.02. The van der Waals surface area contributed by atoms with Crippen LogP contribution in [-0.4, -0.2) is 51.7 Å². The van der Waals surface area contributed by atoms with Crippen LogP contribution in [0.2, 0.25) is 0 Å². The predicted octanol–water partition coefficient (Wildman–Crippen LogP) is -0.481. The number of aromatic nitrogens is 2. The van der Waals surface area contributed by atoms with Gasteiger partial charge in [-0.05, 0) is 6.92 Å². The summed E-state index contributed by atoms with van der Waals surface area (Å²) in [6, 6.07) is 0. The van der Waals surface area contributed by atoms with Crippen molar-refractivity contribution in [3.63, 3.8) is 0 Å². The second kappa shape index (κ2) is 5.07. The third kappa shape index (κ3) is 2.39. The molecule has 6 nitrogen and oxygen atoms in total. The molecular weight excluding hydrogens is 232 g/mol. The lowest BCUT2D eigenvalue weighted by molar-refractivity contribution is 0.0949. The molecule has 1 aliphatic rings. The van der Waals surface area contributed by atoms with Gasteiger partial charge >= 0.3 is 0 Å². The second-order valence-corrected chi connectivity index (χ2v) is 4.80. The number of fused-ring (bicyclic) bond motifs is 1. The van der Waals surface area contributed by atoms with E-state index in [0.717, 1.165) is 24.4 Å². The Morgan fingerprint density at radius 3 is 2.94 bits per heavy atom. The van der Waals surface area contributed by atoms with Crippen LogP contribution in [0, 0.1) is 0 Å². The number of β-amino-alcohol motifs (C(OH)–C–C–N with tert-alkyl or cyclic N) is 1. The number of rotatable bonds is 3. The first-order chi connectivity index (χ1) is 8.52. The van der Waals surface area contributed by atoms with E-state index in [1.807, 2.05) is 11.6 Å². The van der Waals surface area contributed by atoms with E-state index in [1.165, 1.54) is 0 Å². The standard InChI is InChI=1S/C12H20N4O2/c1-8(17)6-16-5-4-10-9(7-16)14-11(15(10)3)12(18)13-2/h8,17H,4-7H2,1-3H3,(H,13,18). The minimum atomic E-state index is -0.339. The van der Waals surface area contributed by atoms with Gasteiger partial charge in [0.15, 0.2) is 5.82 Å². The number of hydrogen-bond acceptors (Lipinski definition) is 4. The van der Waals surface area contributed by atoms with E-state index in [-0.39, 0.29) is 12.0 Å². The van der Waals surface area contributed by atoms with E-state index >= 15 is 0 Å². The smallest absolute Gasteiger partial charge is 0.287 e. The molecule has 2 heterocycles. The summed E-state index contributed by atoms with van der Waals surface area (Å²) < 4.78 is 1.87. The summed E-state index contributed by atoms with van der Waals surface area (Å²) in [6.07, 6.45) is 0.524. The SMILES string of the molecule is CNC(=O)c1nc2c(n1C)CCN(CC(C)O)C2. The van der Waals surface area contributed by atoms with Crippen LogP contribution in [0.15, 0.2) is 0 Å². The number of imidazole rings is 1. The van der Waals surface area contributed by atoms with Gasteiger partial charge in [0.25, 0.3) is 5.91 Å². The highest BCUT2D eigenvalue weighted by molar-refractivity contribution is 5.90. The van der Waals surface area contributed by atoms with Crippen molar-refractivity contribution in [1.29, 1.82) is 0 Å². The fourth-order valence-corrected chi connectivity index (χ4v) is 2.43. The molecule has 100 valence electrons. The molecular formula is C12H20N4O2. The number of nitrogens with one attached hydrogen (secondary N) is 1. The summed E-state index contributed by atoms with van der Waals surface area (Å²) in [7, 11) is 3.48. The van der Waals surface area contributed by atoms with Crippen molar-refractivity contribution in [2.24, 2.45) is 7.05 Å². The molecule has 1 atom stereocenters. The van der Waals surface area contributed by atoms with Crippen molar-refractivity contribution in [2.75, 3.05) is 20.1 Å². The maximum absolute atomic E-state index is 11.7. The lowest BCUT2D eigenvalue weighted by Gasteiger charge is -2.27. The predicted molar refractivity (Wildman–Crippen MR) is 67.3 cm³/mol. The number of nitrogens with zero attached hydrogens (tertiary/aromatic N) is 3. The highest BCUT2D eigenvalue weighted by Crippen LogP contribution is 2.19. The largest absolute Gasteiger partial charge is 0.392 e. The third-order valence-corrected chi connectivity index (χ3v) is 3.29. The molecule has 0 saturated carbocycles. The highest BCUT2D eigenvalue weighted by Gasteiger charge is 2.25. The first kappa shape index (κ1) is 13.0. The Hall–Kier alpha value is -1.40. The van der Waals surface area contributed by atoms with Crippen LogP contribution in [-0.2, 0) is 20.0 Å². The van der Waals surface area contributed by atoms with Gasteiger partial charge in [0, 0.05) is 45.8 Å². The Kier molecular flexibility index (Phi) is 3.68. The fraction of sp³-hybridized carbons (Fsp3) is 0.667. The minimum Gasteiger partial charge on any atom is -0.392 e. The third-order valence-electron chi connectivity index (χ3n) is 3.29. The summed E-state index contributed by atoms with van der Waals surface area (Å²) in [4.78, 5) is 18.2. The van der Waals surface area contributed by atoms with Gasteiger partial charge < -0.3 is 15.0 Å². The van der Waals surface area contributed by atoms with Gasteiger partial charge in [-0.15, -0.1) is 0 Å². The highest BCUT2D eigenvalue weighted by atomic mass is 16.3. The first-order valence-electron chi connectivity index (χ1n) is 6.20. The van der Waals surface area contributed by atoms with Crippen LogP contribution in [0.3, 0.4) is 0 Å². The number of hydrogen-bond donors (Lipinski definition) is 2. The van der Waals surface area contributed by atoms with E-state index in [9.17, 15) is 9.90 Å². The maximum Gasteiger partial charge on any atom is 0.287 e. The van der Waals surface area contributed by atoms with Crippen LogP contribution in [0.1, 0.15) is 28.9 Å². The molecule has 18 heavy (non-hydrogen) atoms. The molecule has 1 aromatic rings. The first-order valence-corrected chi connectivity index (χ1v) is 6.20. The molecule has 0 aliphatic carbocycles. The lowest BCUT2D eigenvalue weighted by Crippen LogP contribution is -2.36. The zero-order chi connectivity index (χ0) is 13.3. The van der Waals surface area contributed by atoms with Gasteiger partial charge in [-0.2, -0.15) is 0 Å². The van der Waals surface area contributed by atoms with Gasteiger partial charge in [0.1, 0.15) is 0 Å². The van der Waals surface area contributed by atoms with Crippen LogP contribution in [0.4, 0.5) is 0 Å². The molecule has 0 saturated heterocycles. The Bertz CT molecular complexity index is 453. The topological polar surface area (TPSA) is 70.4 Å². The van der Waals surface area contributed by atoms with Gasteiger partial charge in [-0.25, -0.2) is 4.98 Å². The molecule has 1 amide bonds. The van der Waals surface area contributed by atoms with E-state index in [2.05, 4.69) is 15.2 Å². The monoisotopic (exact) mass is 252 g/mol. The van der Waals surface area contributed by atoms with Gasteiger partial charge in [0.05, 0.1) is 11.8 Å². The summed E-state index contributed by atoms with van der Waals surface area (Å²) in [5.41, 5.74) is 2.07. The molecule has 0 radical (unpaired) electrons. The molecule has 0 bridgehead atoms. The lowest BCUT2D eigenvalue weighted by atomic mass is 10.1. The zero-order valence-corrected chi connectivity index (χ0v) is 11.1. The number of carbonyl (C=O) groups is 1. The second-order valence-electron chi connectivity index (χ2n) is 4.80. The van der Waals surface area contributed by atoms with Crippen LogP contribution in [0.5, 0.6) is 0 Å². The minimum absolute atomic E-state index is 0.158. The molecule has 0 spiro atoms. The fourth-order valence-electron chi connectivity index (χ4n) is 2.43. The molecule has 1 aromatic heterocycles. The quantitative estimate of drug-likeness (QED) is 0.762. The van der Waals surface area contributed by atoms with Crippen molar-refractivity contribution >= 4 is 5.91 Å². The van der Waals surface area contributed by atoms with Gasteiger partial charge in [0.2, 0.25) is 0 Å². The molecule has 1 unspecified atom stereocenters. The van der Waals surface area contributed by atoms with E-state index < -0.39 is 0 Å². The van der Waals surface area contributed by atoms with Gasteiger partial charge in [-0.3, -0.25) is 9.69 Å². The van der Waals surface area contributed by atoms with Crippen molar-refractivity contribution in [3.05, 3.63) is 17.2 Å². The van der Waals surface area contributed by atoms with Crippen LogP contribution >= 0.6 is 0 Å². The Morgan fingerprint density at radius 2 is 2.33 bits per heavy atom. The normalized spacial score (nSPS) is 17.3. The van der Waals surface area contributed by atoms with Crippen molar-refractivity contribution in [3.8, 4) is 0 Å². The number of aliphatic hydroxyl groups is 1. The Balaban J connectivity index is 2.21. The van der Waals surface area contributed by atoms with Crippen molar-refractivity contribution in [1.82, 2.24) is 19.8 Å². The van der Waals surface area contributed by atoms with Crippen molar-refractivity contribution < 1.29 is 9.90 Å². The van der Waals surface area contributed by atoms with Crippen molar-refractivity contribution in [2.45, 2.75) is 26.0 Å². The summed E-state index contributed by atoms with van der Waals surface area (Å²) in [5, 5.41) is 12.0. The Labute approximate surface area is 107 Å². The molecule has 0 aromatic carbocycles.